The van der Waals surface area contributed by atoms with Crippen LogP contribution in [0.15, 0.2) is 42.5 Å². The Morgan fingerprint density at radius 3 is 2.57 bits per heavy atom. The minimum absolute atomic E-state index is 0.0256. The van der Waals surface area contributed by atoms with Crippen molar-refractivity contribution in [2.45, 2.75) is 19.3 Å². The summed E-state index contributed by atoms with van der Waals surface area (Å²) in [5, 5.41) is 1.30. The van der Waals surface area contributed by atoms with Gasteiger partial charge in [0.15, 0.2) is 0 Å². The van der Waals surface area contributed by atoms with Crippen molar-refractivity contribution in [1.29, 1.82) is 0 Å². The van der Waals surface area contributed by atoms with Gasteiger partial charge >= 0.3 is 0 Å². The highest BCUT2D eigenvalue weighted by atomic mass is 16.5. The molecule has 0 N–H and O–H groups in total. The predicted molar refractivity (Wildman–Crippen MR) is 87.0 cm³/mol. The van der Waals surface area contributed by atoms with Crippen LogP contribution in [0.2, 0.25) is 0 Å². The number of ether oxygens (including phenoxy) is 1. The van der Waals surface area contributed by atoms with Gasteiger partial charge in [-0.25, -0.2) is 0 Å². The van der Waals surface area contributed by atoms with Crippen LogP contribution in [0.4, 0.5) is 0 Å². The van der Waals surface area contributed by atoms with Gasteiger partial charge in [0, 0.05) is 28.9 Å². The number of benzene rings is 2. The zero-order valence-corrected chi connectivity index (χ0v) is 12.9. The maximum absolute atomic E-state index is 5.43. The molecule has 1 aromatic heterocycles. The molecule has 4 rings (SSSR count). The number of hydrogen-bond donors (Lipinski definition) is 0. The van der Waals surface area contributed by atoms with E-state index in [4.69, 9.17) is 4.74 Å². The van der Waals surface area contributed by atoms with Crippen LogP contribution in [-0.4, -0.2) is 11.7 Å². The normalized spacial score (nSPS) is 15.0. The van der Waals surface area contributed by atoms with Crippen LogP contribution < -0.4 is 4.74 Å². The Hall–Kier alpha value is -2.22. The summed E-state index contributed by atoms with van der Waals surface area (Å²) in [6.07, 6.45) is 0. The largest absolute Gasteiger partial charge is 0.497 e. The average Bonchev–Trinajstić information content (AvgIpc) is 2.92. The van der Waals surface area contributed by atoms with Crippen LogP contribution >= 0.6 is 0 Å². The predicted octanol–water partition coefficient (Wildman–Crippen LogP) is 4.49. The molecule has 0 saturated carbocycles. The molecule has 0 unspecified atom stereocenters. The first kappa shape index (κ1) is 12.5. The quantitative estimate of drug-likeness (QED) is 0.639. The van der Waals surface area contributed by atoms with Gasteiger partial charge in [-0.2, -0.15) is 0 Å². The number of hydrogen-bond acceptors (Lipinski definition) is 1. The molecule has 2 heteroatoms. The van der Waals surface area contributed by atoms with Crippen molar-refractivity contribution >= 4 is 10.9 Å². The molecule has 1 aliphatic carbocycles. The molecule has 3 aromatic rings. The second kappa shape index (κ2) is 3.91. The van der Waals surface area contributed by atoms with Crippen LogP contribution in [0.25, 0.3) is 22.2 Å². The smallest absolute Gasteiger partial charge is 0.119 e. The minimum Gasteiger partial charge on any atom is -0.497 e. The molecule has 0 amide bonds. The molecular weight excluding hydrogens is 258 g/mol. The Morgan fingerprint density at radius 2 is 1.81 bits per heavy atom. The van der Waals surface area contributed by atoms with E-state index in [0.717, 1.165) is 5.75 Å². The van der Waals surface area contributed by atoms with Crippen LogP contribution in [0.5, 0.6) is 5.75 Å². The highest BCUT2D eigenvalue weighted by molar-refractivity contribution is 5.98. The SMILES string of the molecule is COc1ccc2c(c1)c1c(n2C)-c2ccccc2C1(C)C. The van der Waals surface area contributed by atoms with Gasteiger partial charge in [-0.1, -0.05) is 38.1 Å². The Morgan fingerprint density at radius 1 is 1.05 bits per heavy atom. The molecule has 1 aliphatic rings. The summed E-state index contributed by atoms with van der Waals surface area (Å²) in [5.41, 5.74) is 6.82. The average molecular weight is 277 g/mol. The molecule has 0 radical (unpaired) electrons. The van der Waals surface area contributed by atoms with E-state index in [1.54, 1.807) is 7.11 Å². The molecule has 0 spiro atoms. The van der Waals surface area contributed by atoms with Gasteiger partial charge in [-0.3, -0.25) is 0 Å². The van der Waals surface area contributed by atoms with E-state index in [2.05, 4.69) is 61.9 Å². The Kier molecular flexibility index (Phi) is 2.33. The fourth-order valence-corrected chi connectivity index (χ4v) is 3.87. The van der Waals surface area contributed by atoms with E-state index in [1.807, 2.05) is 6.07 Å². The second-order valence-electron chi connectivity index (χ2n) is 6.34. The lowest BCUT2D eigenvalue weighted by molar-refractivity contribution is 0.415. The number of methoxy groups -OCH3 is 1. The molecule has 0 saturated heterocycles. The monoisotopic (exact) mass is 277 g/mol. The van der Waals surface area contributed by atoms with E-state index in [1.165, 1.54) is 33.3 Å². The third-order valence-electron chi connectivity index (χ3n) is 4.89. The molecule has 0 aliphatic heterocycles. The Balaban J connectivity index is 2.18. The van der Waals surface area contributed by atoms with Gasteiger partial charge in [-0.05, 0) is 29.3 Å². The van der Waals surface area contributed by atoms with Crippen molar-refractivity contribution in [1.82, 2.24) is 4.57 Å². The number of fused-ring (bicyclic) bond motifs is 5. The Labute approximate surface area is 125 Å². The first-order chi connectivity index (χ1) is 10.1. The second-order valence-corrected chi connectivity index (χ2v) is 6.34. The molecule has 21 heavy (non-hydrogen) atoms. The van der Waals surface area contributed by atoms with Crippen molar-refractivity contribution < 1.29 is 4.74 Å². The van der Waals surface area contributed by atoms with E-state index < -0.39 is 0 Å². The van der Waals surface area contributed by atoms with Gasteiger partial charge in [0.2, 0.25) is 0 Å². The number of aromatic nitrogens is 1. The van der Waals surface area contributed by atoms with Crippen LogP contribution in [0.1, 0.15) is 25.0 Å². The van der Waals surface area contributed by atoms with Gasteiger partial charge in [0.1, 0.15) is 5.75 Å². The summed E-state index contributed by atoms with van der Waals surface area (Å²) in [6.45, 7) is 4.63. The third-order valence-corrected chi connectivity index (χ3v) is 4.89. The molecule has 2 nitrogen and oxygen atoms in total. The topological polar surface area (TPSA) is 14.2 Å². The van der Waals surface area contributed by atoms with E-state index in [-0.39, 0.29) is 5.41 Å². The maximum atomic E-state index is 5.43. The zero-order valence-electron chi connectivity index (χ0n) is 12.9. The summed E-state index contributed by atoms with van der Waals surface area (Å²) in [7, 11) is 3.88. The molecule has 106 valence electrons. The molecular formula is C19H19NO. The first-order valence-electron chi connectivity index (χ1n) is 7.32. The van der Waals surface area contributed by atoms with Gasteiger partial charge in [0.25, 0.3) is 0 Å². The van der Waals surface area contributed by atoms with Crippen LogP contribution in [-0.2, 0) is 12.5 Å². The summed E-state index contributed by atoms with van der Waals surface area (Å²) in [4.78, 5) is 0. The fourth-order valence-electron chi connectivity index (χ4n) is 3.87. The van der Waals surface area contributed by atoms with Crippen LogP contribution in [0, 0.1) is 0 Å². The number of nitrogens with zero attached hydrogens (tertiary/aromatic N) is 1. The minimum atomic E-state index is 0.0256. The van der Waals surface area contributed by atoms with Crippen molar-refractivity contribution in [3.8, 4) is 17.0 Å². The van der Waals surface area contributed by atoms with Crippen molar-refractivity contribution in [3.63, 3.8) is 0 Å². The number of aryl methyl sites for hydroxylation is 1. The van der Waals surface area contributed by atoms with E-state index in [0.29, 0.717) is 0 Å². The number of rotatable bonds is 1. The van der Waals surface area contributed by atoms with Gasteiger partial charge in [0.05, 0.1) is 12.8 Å². The van der Waals surface area contributed by atoms with Gasteiger partial charge < -0.3 is 9.30 Å². The summed E-state index contributed by atoms with van der Waals surface area (Å²) < 4.78 is 7.74. The highest BCUT2D eigenvalue weighted by Gasteiger charge is 2.39. The van der Waals surface area contributed by atoms with E-state index >= 15 is 0 Å². The fraction of sp³-hybridized carbons (Fsp3) is 0.263. The van der Waals surface area contributed by atoms with Crippen LogP contribution in [0.3, 0.4) is 0 Å². The lowest BCUT2D eigenvalue weighted by Crippen LogP contribution is -2.14. The van der Waals surface area contributed by atoms with Crippen molar-refractivity contribution in [2.75, 3.05) is 7.11 Å². The summed E-state index contributed by atoms with van der Waals surface area (Å²) in [5.74, 6) is 0.919. The first-order valence-corrected chi connectivity index (χ1v) is 7.32. The van der Waals surface area contributed by atoms with E-state index in [9.17, 15) is 0 Å². The highest BCUT2D eigenvalue weighted by Crippen LogP contribution is 2.52. The van der Waals surface area contributed by atoms with Gasteiger partial charge in [-0.15, -0.1) is 0 Å². The lowest BCUT2D eigenvalue weighted by Gasteiger charge is -2.21. The van der Waals surface area contributed by atoms with Crippen molar-refractivity contribution in [2.24, 2.45) is 7.05 Å². The molecule has 0 bridgehead atoms. The Bertz CT molecular complexity index is 871. The zero-order chi connectivity index (χ0) is 14.8. The molecule has 0 atom stereocenters. The standard InChI is InChI=1S/C19H19NO/c1-19(2)15-8-6-5-7-13(15)18-17(19)14-11-12(21-4)9-10-16(14)20(18)3/h5-11H,1-4H3. The molecule has 1 heterocycles. The maximum Gasteiger partial charge on any atom is 0.119 e. The molecule has 2 aromatic carbocycles. The summed E-state index contributed by atoms with van der Waals surface area (Å²) in [6, 6.07) is 15.1. The summed E-state index contributed by atoms with van der Waals surface area (Å²) >= 11 is 0. The van der Waals surface area contributed by atoms with Crippen molar-refractivity contribution in [3.05, 3.63) is 53.6 Å². The lowest BCUT2D eigenvalue weighted by atomic mass is 9.81. The third kappa shape index (κ3) is 1.42. The molecule has 0 fully saturated rings.